The maximum Gasteiger partial charge on any atom is 0.416 e. The lowest BCUT2D eigenvalue weighted by Crippen LogP contribution is -2.29. The Kier molecular flexibility index (Phi) is 6.50. The Hall–Kier alpha value is -2.81. The summed E-state index contributed by atoms with van der Waals surface area (Å²) < 4.78 is 39.6. The number of carboxylic acid groups (broad SMARTS) is 1. The predicted molar refractivity (Wildman–Crippen MR) is 94.5 cm³/mol. The summed E-state index contributed by atoms with van der Waals surface area (Å²) in [5.74, 6) is -2.59. The van der Waals surface area contributed by atoms with Crippen molar-refractivity contribution in [3.8, 4) is 5.75 Å². The summed E-state index contributed by atoms with van der Waals surface area (Å²) in [4.78, 5) is 26.7. The predicted octanol–water partition coefficient (Wildman–Crippen LogP) is 3.37. The zero-order chi connectivity index (χ0) is 21.1. The van der Waals surface area contributed by atoms with Gasteiger partial charge in [-0.05, 0) is 43.5 Å². The van der Waals surface area contributed by atoms with E-state index in [0.717, 1.165) is 6.07 Å². The second kappa shape index (κ2) is 8.47. The van der Waals surface area contributed by atoms with Gasteiger partial charge in [0.05, 0.1) is 16.8 Å². The number of nitrogens with one attached hydrogen (secondary N) is 1. The van der Waals surface area contributed by atoms with Crippen LogP contribution in [0, 0.1) is 6.92 Å². The third-order valence-corrected chi connectivity index (χ3v) is 4.08. The second-order valence-electron chi connectivity index (χ2n) is 5.98. The number of pyridine rings is 1. The van der Waals surface area contributed by atoms with Gasteiger partial charge in [-0.3, -0.25) is 14.6 Å². The molecule has 0 aliphatic carbocycles. The van der Waals surface area contributed by atoms with Crippen LogP contribution in [-0.2, 0) is 23.8 Å². The molecule has 1 aromatic carbocycles. The SMILES string of the molecule is Cc1cc(C(=O)NCC(=O)O)c(O)c(CCc2ccc(Cl)cc2C(F)(F)F)n1. The molecule has 1 heterocycles. The van der Waals surface area contributed by atoms with Crippen molar-refractivity contribution in [2.45, 2.75) is 25.9 Å². The Balaban J connectivity index is 2.29. The van der Waals surface area contributed by atoms with Crippen molar-refractivity contribution < 1.29 is 33.0 Å². The molecule has 2 rings (SSSR count). The Bertz CT molecular complexity index is 916. The van der Waals surface area contributed by atoms with Crippen LogP contribution in [0.1, 0.15) is 32.9 Å². The molecule has 0 bridgehead atoms. The highest BCUT2D eigenvalue weighted by Gasteiger charge is 2.33. The van der Waals surface area contributed by atoms with Gasteiger partial charge in [0.1, 0.15) is 12.3 Å². The molecular weight excluding hydrogens is 401 g/mol. The first-order valence-electron chi connectivity index (χ1n) is 8.04. The van der Waals surface area contributed by atoms with Gasteiger partial charge in [0.25, 0.3) is 5.91 Å². The van der Waals surface area contributed by atoms with Crippen molar-refractivity contribution >= 4 is 23.5 Å². The molecule has 0 unspecified atom stereocenters. The lowest BCUT2D eigenvalue weighted by molar-refractivity contribution is -0.138. The summed E-state index contributed by atoms with van der Waals surface area (Å²) in [5.41, 5.74) is -0.733. The van der Waals surface area contributed by atoms with E-state index in [0.29, 0.717) is 5.69 Å². The highest BCUT2D eigenvalue weighted by atomic mass is 35.5. The number of carboxylic acids is 1. The Morgan fingerprint density at radius 2 is 1.89 bits per heavy atom. The van der Waals surface area contributed by atoms with E-state index in [1.165, 1.54) is 18.2 Å². The van der Waals surface area contributed by atoms with E-state index in [1.807, 2.05) is 0 Å². The van der Waals surface area contributed by atoms with Gasteiger partial charge in [-0.25, -0.2) is 0 Å². The minimum absolute atomic E-state index is 0.0310. The van der Waals surface area contributed by atoms with Crippen molar-refractivity contribution in [2.24, 2.45) is 0 Å². The lowest BCUT2D eigenvalue weighted by atomic mass is 10.00. The van der Waals surface area contributed by atoms with Crippen LogP contribution in [0.3, 0.4) is 0 Å². The van der Waals surface area contributed by atoms with Gasteiger partial charge in [-0.15, -0.1) is 0 Å². The molecule has 0 aliphatic rings. The number of halogens is 4. The number of rotatable bonds is 6. The largest absolute Gasteiger partial charge is 0.505 e. The monoisotopic (exact) mass is 416 g/mol. The summed E-state index contributed by atoms with van der Waals surface area (Å²) in [6.07, 6.45) is -4.77. The van der Waals surface area contributed by atoms with Crippen LogP contribution in [0.5, 0.6) is 5.75 Å². The fourth-order valence-corrected chi connectivity index (χ4v) is 2.79. The molecular formula is C18H16ClF3N2O4. The average molecular weight is 417 g/mol. The zero-order valence-corrected chi connectivity index (χ0v) is 15.4. The molecule has 0 radical (unpaired) electrons. The molecule has 0 saturated carbocycles. The molecule has 2 aromatic rings. The molecule has 0 aliphatic heterocycles. The number of carbonyl (C=O) groups is 2. The molecule has 0 saturated heterocycles. The van der Waals surface area contributed by atoms with Gasteiger partial charge in [0, 0.05) is 10.7 Å². The van der Waals surface area contributed by atoms with Gasteiger partial charge in [-0.1, -0.05) is 17.7 Å². The number of aryl methyl sites for hydroxylation is 3. The number of hydrogen-bond donors (Lipinski definition) is 3. The second-order valence-corrected chi connectivity index (χ2v) is 6.42. The number of carbonyl (C=O) groups excluding carboxylic acids is 1. The molecule has 1 aromatic heterocycles. The number of benzene rings is 1. The standard InChI is InChI=1S/C18H16ClF3N2O4/c1-9-6-12(17(28)23-8-15(25)26)16(27)14(24-9)5-3-10-2-4-11(19)7-13(10)18(20,21)22/h2,4,6-7,27H,3,5,8H2,1H3,(H,23,28)(H,25,26). The van der Waals surface area contributed by atoms with E-state index in [9.17, 15) is 27.9 Å². The van der Waals surface area contributed by atoms with Crippen LogP contribution >= 0.6 is 11.6 Å². The molecule has 0 fully saturated rings. The van der Waals surface area contributed by atoms with Crippen LogP contribution in [0.25, 0.3) is 0 Å². The van der Waals surface area contributed by atoms with Crippen LogP contribution in [0.15, 0.2) is 24.3 Å². The Labute approximate surface area is 163 Å². The van der Waals surface area contributed by atoms with E-state index >= 15 is 0 Å². The van der Waals surface area contributed by atoms with Crippen LogP contribution < -0.4 is 5.32 Å². The Morgan fingerprint density at radius 1 is 1.21 bits per heavy atom. The maximum atomic E-state index is 13.2. The van der Waals surface area contributed by atoms with E-state index in [-0.39, 0.29) is 34.7 Å². The number of nitrogens with zero attached hydrogens (tertiary/aromatic N) is 1. The highest BCUT2D eigenvalue weighted by Crippen LogP contribution is 2.34. The minimum atomic E-state index is -4.59. The van der Waals surface area contributed by atoms with Gasteiger partial charge in [0.15, 0.2) is 0 Å². The molecule has 28 heavy (non-hydrogen) atoms. The van der Waals surface area contributed by atoms with E-state index in [2.05, 4.69) is 10.3 Å². The van der Waals surface area contributed by atoms with E-state index in [1.54, 1.807) is 6.92 Å². The van der Waals surface area contributed by atoms with Gasteiger partial charge in [0.2, 0.25) is 0 Å². The highest BCUT2D eigenvalue weighted by molar-refractivity contribution is 6.30. The minimum Gasteiger partial charge on any atom is -0.505 e. The quantitative estimate of drug-likeness (QED) is 0.670. The molecule has 1 amide bonds. The first kappa shape index (κ1) is 21.5. The van der Waals surface area contributed by atoms with Crippen molar-refractivity contribution in [2.75, 3.05) is 6.54 Å². The zero-order valence-electron chi connectivity index (χ0n) is 14.6. The fraction of sp³-hybridized carbons (Fsp3) is 0.278. The van der Waals surface area contributed by atoms with Crippen LogP contribution in [0.4, 0.5) is 13.2 Å². The Morgan fingerprint density at radius 3 is 2.50 bits per heavy atom. The molecule has 3 N–H and O–H groups in total. The number of aromatic nitrogens is 1. The number of amides is 1. The maximum absolute atomic E-state index is 13.2. The summed E-state index contributed by atoms with van der Waals surface area (Å²) in [5, 5.41) is 21.0. The van der Waals surface area contributed by atoms with Crippen molar-refractivity contribution in [3.63, 3.8) is 0 Å². The first-order chi connectivity index (χ1) is 13.0. The van der Waals surface area contributed by atoms with Gasteiger partial charge >= 0.3 is 12.1 Å². The number of aromatic hydroxyl groups is 1. The lowest BCUT2D eigenvalue weighted by Gasteiger charge is -2.14. The summed E-state index contributed by atoms with van der Waals surface area (Å²) in [6, 6.07) is 4.67. The third-order valence-electron chi connectivity index (χ3n) is 3.85. The summed E-state index contributed by atoms with van der Waals surface area (Å²) in [7, 11) is 0. The van der Waals surface area contributed by atoms with Gasteiger partial charge in [-0.2, -0.15) is 13.2 Å². The molecule has 10 heteroatoms. The third kappa shape index (κ3) is 5.35. The van der Waals surface area contributed by atoms with Crippen molar-refractivity contribution in [3.05, 3.63) is 57.4 Å². The topological polar surface area (TPSA) is 99.5 Å². The number of alkyl halides is 3. The van der Waals surface area contributed by atoms with Crippen LogP contribution in [0.2, 0.25) is 5.02 Å². The fourth-order valence-electron chi connectivity index (χ4n) is 2.61. The molecule has 0 atom stereocenters. The van der Waals surface area contributed by atoms with Crippen molar-refractivity contribution in [1.82, 2.24) is 10.3 Å². The number of aliphatic carboxylic acids is 1. The normalized spacial score (nSPS) is 11.3. The van der Waals surface area contributed by atoms with E-state index < -0.39 is 35.9 Å². The van der Waals surface area contributed by atoms with Crippen LogP contribution in [-0.4, -0.2) is 33.6 Å². The summed E-state index contributed by atoms with van der Waals surface area (Å²) in [6.45, 7) is 0.898. The average Bonchev–Trinajstić information content (AvgIpc) is 2.60. The van der Waals surface area contributed by atoms with Crippen molar-refractivity contribution in [1.29, 1.82) is 0 Å². The smallest absolute Gasteiger partial charge is 0.416 e. The first-order valence-corrected chi connectivity index (χ1v) is 8.42. The van der Waals surface area contributed by atoms with E-state index in [4.69, 9.17) is 16.7 Å². The number of hydrogen-bond acceptors (Lipinski definition) is 4. The van der Waals surface area contributed by atoms with Gasteiger partial charge < -0.3 is 15.5 Å². The summed E-state index contributed by atoms with van der Waals surface area (Å²) >= 11 is 5.66. The molecule has 150 valence electrons. The molecule has 0 spiro atoms. The molecule has 6 nitrogen and oxygen atoms in total.